The molecule has 0 saturated carbocycles. The maximum absolute atomic E-state index is 5.89. The van der Waals surface area contributed by atoms with Crippen molar-refractivity contribution >= 4 is 29.9 Å². The van der Waals surface area contributed by atoms with Crippen LogP contribution in [-0.4, -0.2) is 59.1 Å². The molecule has 1 aromatic carbocycles. The van der Waals surface area contributed by atoms with Gasteiger partial charge in [-0.3, -0.25) is 4.99 Å². The molecule has 0 radical (unpaired) electrons. The van der Waals surface area contributed by atoms with Gasteiger partial charge in [0.1, 0.15) is 11.9 Å². The van der Waals surface area contributed by atoms with E-state index in [1.165, 1.54) is 5.56 Å². The molecule has 6 nitrogen and oxygen atoms in total. The monoisotopic (exact) mass is 435 g/mol. The van der Waals surface area contributed by atoms with E-state index in [9.17, 15) is 0 Å². The van der Waals surface area contributed by atoms with Gasteiger partial charge in [0, 0.05) is 27.1 Å². The number of guanidine groups is 1. The molecule has 0 spiro atoms. The Morgan fingerprint density at radius 1 is 1.26 bits per heavy atom. The number of rotatable bonds is 8. The van der Waals surface area contributed by atoms with Gasteiger partial charge in [-0.2, -0.15) is 0 Å². The van der Waals surface area contributed by atoms with Gasteiger partial charge in [0.25, 0.3) is 0 Å². The lowest BCUT2D eigenvalue weighted by atomic mass is 10.1. The van der Waals surface area contributed by atoms with E-state index in [2.05, 4.69) is 21.7 Å². The highest BCUT2D eigenvalue weighted by Crippen LogP contribution is 2.27. The minimum absolute atomic E-state index is 0. The van der Waals surface area contributed by atoms with E-state index in [0.29, 0.717) is 26.4 Å². The number of hydrogen-bond acceptors (Lipinski definition) is 4. The Morgan fingerprint density at radius 2 is 2.09 bits per heavy atom. The number of para-hydroxylation sites is 1. The van der Waals surface area contributed by atoms with Crippen molar-refractivity contribution in [2.75, 3.05) is 47.1 Å². The molecule has 0 aliphatic carbocycles. The van der Waals surface area contributed by atoms with Crippen LogP contribution in [0.1, 0.15) is 5.56 Å². The van der Waals surface area contributed by atoms with Gasteiger partial charge in [0.15, 0.2) is 5.96 Å². The largest absolute Gasteiger partial charge is 0.488 e. The Kier molecular flexibility index (Phi) is 9.97. The van der Waals surface area contributed by atoms with E-state index in [-0.39, 0.29) is 30.1 Å². The molecular weight excluding hydrogens is 409 g/mol. The van der Waals surface area contributed by atoms with Gasteiger partial charge in [-0.15, -0.1) is 24.0 Å². The highest BCUT2D eigenvalue weighted by atomic mass is 127. The Morgan fingerprint density at radius 3 is 2.83 bits per heavy atom. The number of nitrogens with zero attached hydrogens (tertiary/aromatic N) is 1. The van der Waals surface area contributed by atoms with Gasteiger partial charge in [0.05, 0.1) is 26.4 Å². The predicted molar refractivity (Wildman–Crippen MR) is 102 cm³/mol. The van der Waals surface area contributed by atoms with E-state index in [1.54, 1.807) is 14.2 Å². The highest BCUT2D eigenvalue weighted by molar-refractivity contribution is 14.0. The van der Waals surface area contributed by atoms with Crippen molar-refractivity contribution in [3.8, 4) is 5.75 Å². The van der Waals surface area contributed by atoms with E-state index >= 15 is 0 Å². The highest BCUT2D eigenvalue weighted by Gasteiger charge is 2.22. The number of hydrogen-bond donors (Lipinski definition) is 2. The third kappa shape index (κ3) is 6.92. The molecule has 0 amide bonds. The molecule has 23 heavy (non-hydrogen) atoms. The van der Waals surface area contributed by atoms with Gasteiger partial charge in [-0.05, 0) is 11.6 Å². The minimum atomic E-state index is 0. The molecule has 0 bridgehead atoms. The quantitative estimate of drug-likeness (QED) is 0.280. The average molecular weight is 435 g/mol. The fourth-order valence-corrected chi connectivity index (χ4v) is 2.28. The van der Waals surface area contributed by atoms with Crippen LogP contribution in [-0.2, 0) is 15.9 Å². The maximum atomic E-state index is 5.89. The topological polar surface area (TPSA) is 64.1 Å². The molecule has 2 N–H and O–H groups in total. The molecule has 7 heteroatoms. The second-order valence-corrected chi connectivity index (χ2v) is 5.04. The number of aliphatic imine (C=N–C) groups is 1. The van der Waals surface area contributed by atoms with E-state index < -0.39 is 0 Å². The second kappa shape index (κ2) is 11.5. The zero-order valence-electron chi connectivity index (χ0n) is 13.7. The third-order valence-corrected chi connectivity index (χ3v) is 3.41. The summed E-state index contributed by atoms with van der Waals surface area (Å²) in [7, 11) is 3.42. The zero-order valence-corrected chi connectivity index (χ0v) is 16.0. The van der Waals surface area contributed by atoms with Crippen LogP contribution in [0.2, 0.25) is 0 Å². The summed E-state index contributed by atoms with van der Waals surface area (Å²) in [4.78, 5) is 4.19. The number of benzene rings is 1. The normalized spacial score (nSPS) is 16.3. The van der Waals surface area contributed by atoms with Gasteiger partial charge in [0.2, 0.25) is 0 Å². The molecule has 1 aromatic rings. The van der Waals surface area contributed by atoms with Crippen LogP contribution in [0.4, 0.5) is 0 Å². The SMILES string of the molecule is CN=C(NCCOCCOC)NCC1Cc2ccccc2O1.I. The first-order chi connectivity index (χ1) is 10.8. The predicted octanol–water partition coefficient (Wildman–Crippen LogP) is 1.44. The van der Waals surface area contributed by atoms with Gasteiger partial charge in [-0.1, -0.05) is 18.2 Å². The Bertz CT molecular complexity index is 460. The Hall–Kier alpha value is -1.06. The lowest BCUT2D eigenvalue weighted by Crippen LogP contribution is -2.43. The van der Waals surface area contributed by atoms with Crippen LogP contribution in [0.3, 0.4) is 0 Å². The molecule has 1 atom stereocenters. The summed E-state index contributed by atoms with van der Waals surface area (Å²) in [5.74, 6) is 1.75. The lowest BCUT2D eigenvalue weighted by molar-refractivity contribution is 0.0733. The molecule has 1 unspecified atom stereocenters. The molecule has 1 heterocycles. The maximum Gasteiger partial charge on any atom is 0.191 e. The third-order valence-electron chi connectivity index (χ3n) is 3.41. The van der Waals surface area contributed by atoms with Crippen LogP contribution in [0.15, 0.2) is 29.3 Å². The van der Waals surface area contributed by atoms with E-state index in [1.807, 2.05) is 18.2 Å². The van der Waals surface area contributed by atoms with E-state index in [0.717, 1.165) is 24.7 Å². The summed E-state index contributed by atoms with van der Waals surface area (Å²) < 4.78 is 16.2. The Labute approximate surface area is 155 Å². The molecule has 2 rings (SSSR count). The fraction of sp³-hybridized carbons (Fsp3) is 0.562. The number of fused-ring (bicyclic) bond motifs is 1. The molecule has 0 saturated heterocycles. The van der Waals surface area contributed by atoms with Gasteiger partial charge >= 0.3 is 0 Å². The minimum Gasteiger partial charge on any atom is -0.488 e. The number of methoxy groups -OCH3 is 1. The summed E-state index contributed by atoms with van der Waals surface area (Å²) in [5, 5.41) is 6.49. The second-order valence-electron chi connectivity index (χ2n) is 5.04. The lowest BCUT2D eigenvalue weighted by Gasteiger charge is -2.15. The standard InChI is InChI=1S/C16H25N3O3.HI/c1-17-16(18-7-8-21-10-9-20-2)19-12-14-11-13-5-3-4-6-15(13)22-14;/h3-6,14H,7-12H2,1-2H3,(H2,17,18,19);1H. The number of ether oxygens (including phenoxy) is 3. The molecule has 1 aliphatic heterocycles. The van der Waals surface area contributed by atoms with E-state index in [4.69, 9.17) is 14.2 Å². The molecule has 130 valence electrons. The van der Waals surface area contributed by atoms with Crippen molar-refractivity contribution in [2.24, 2.45) is 4.99 Å². The van der Waals surface area contributed by atoms with Crippen molar-refractivity contribution in [3.05, 3.63) is 29.8 Å². The molecular formula is C16H26IN3O3. The summed E-state index contributed by atoms with van der Waals surface area (Å²) in [6.45, 7) is 3.27. The van der Waals surface area contributed by atoms with Crippen molar-refractivity contribution in [2.45, 2.75) is 12.5 Å². The van der Waals surface area contributed by atoms with Gasteiger partial charge < -0.3 is 24.8 Å². The van der Waals surface area contributed by atoms with Crippen LogP contribution in [0, 0.1) is 0 Å². The van der Waals surface area contributed by atoms with Gasteiger partial charge in [-0.25, -0.2) is 0 Å². The summed E-state index contributed by atoms with van der Waals surface area (Å²) in [6.07, 6.45) is 1.08. The summed E-state index contributed by atoms with van der Waals surface area (Å²) in [6, 6.07) is 8.17. The van der Waals surface area contributed by atoms with Crippen molar-refractivity contribution in [3.63, 3.8) is 0 Å². The van der Waals surface area contributed by atoms with Crippen molar-refractivity contribution < 1.29 is 14.2 Å². The number of nitrogens with one attached hydrogen (secondary N) is 2. The van der Waals surface area contributed by atoms with Crippen LogP contribution < -0.4 is 15.4 Å². The summed E-state index contributed by atoms with van der Waals surface area (Å²) in [5.41, 5.74) is 1.27. The number of halogens is 1. The van der Waals surface area contributed by atoms with Crippen molar-refractivity contribution in [1.82, 2.24) is 10.6 Å². The van der Waals surface area contributed by atoms with Crippen LogP contribution in [0.25, 0.3) is 0 Å². The first-order valence-electron chi connectivity index (χ1n) is 7.59. The molecule has 0 aromatic heterocycles. The Balaban J connectivity index is 0.00000264. The average Bonchev–Trinajstić information content (AvgIpc) is 2.96. The summed E-state index contributed by atoms with van der Waals surface area (Å²) >= 11 is 0. The van der Waals surface area contributed by atoms with Crippen LogP contribution in [0.5, 0.6) is 5.75 Å². The smallest absolute Gasteiger partial charge is 0.191 e. The fourth-order valence-electron chi connectivity index (χ4n) is 2.28. The van der Waals surface area contributed by atoms with Crippen molar-refractivity contribution in [1.29, 1.82) is 0 Å². The zero-order chi connectivity index (χ0) is 15.6. The molecule has 0 fully saturated rings. The molecule has 1 aliphatic rings. The van der Waals surface area contributed by atoms with Crippen LogP contribution >= 0.6 is 24.0 Å². The first kappa shape index (κ1) is 20.0. The first-order valence-corrected chi connectivity index (χ1v) is 7.59.